The lowest BCUT2D eigenvalue weighted by molar-refractivity contribution is 0.205. The third-order valence-corrected chi connectivity index (χ3v) is 7.32. The molecule has 1 saturated heterocycles. The first kappa shape index (κ1) is 20.9. The fourth-order valence-electron chi connectivity index (χ4n) is 4.76. The van der Waals surface area contributed by atoms with Gasteiger partial charge in [-0.15, -0.1) is 0 Å². The summed E-state index contributed by atoms with van der Waals surface area (Å²) in [5.41, 5.74) is 5.72. The Morgan fingerprint density at radius 2 is 1.42 bits per heavy atom. The first-order chi connectivity index (χ1) is 15.1. The molecule has 4 aromatic rings. The van der Waals surface area contributed by atoms with E-state index < -0.39 is 0 Å². The number of nitrogens with one attached hydrogen (secondary N) is 1. The molecule has 1 aliphatic heterocycles. The summed E-state index contributed by atoms with van der Waals surface area (Å²) >= 11 is 19.5. The van der Waals surface area contributed by atoms with Gasteiger partial charge in [-0.25, -0.2) is 0 Å². The van der Waals surface area contributed by atoms with Gasteiger partial charge in [-0.3, -0.25) is 4.90 Å². The second-order valence-corrected chi connectivity index (χ2v) is 9.41. The van der Waals surface area contributed by atoms with E-state index in [4.69, 9.17) is 34.8 Å². The molecule has 31 heavy (non-hydrogen) atoms. The Kier molecular flexibility index (Phi) is 5.99. The molecule has 0 saturated carbocycles. The smallest absolute Gasteiger partial charge is 0.0525 e. The van der Waals surface area contributed by atoms with E-state index >= 15 is 0 Å². The molecule has 0 aliphatic carbocycles. The lowest BCUT2D eigenvalue weighted by atomic mass is 9.89. The van der Waals surface area contributed by atoms with Crippen molar-refractivity contribution < 1.29 is 0 Å². The van der Waals surface area contributed by atoms with Crippen molar-refractivity contribution in [3.8, 4) is 11.3 Å². The van der Waals surface area contributed by atoms with Crippen molar-refractivity contribution >= 4 is 45.7 Å². The molecule has 1 fully saturated rings. The minimum Gasteiger partial charge on any atom is -0.354 e. The fraction of sp³-hybridized carbons (Fsp3) is 0.231. The van der Waals surface area contributed by atoms with E-state index in [0.717, 1.165) is 69.9 Å². The van der Waals surface area contributed by atoms with E-state index in [1.165, 1.54) is 10.9 Å². The number of halogens is 3. The second kappa shape index (κ2) is 8.88. The van der Waals surface area contributed by atoms with E-state index in [9.17, 15) is 0 Å². The highest BCUT2D eigenvalue weighted by molar-refractivity contribution is 6.36. The van der Waals surface area contributed by atoms with Gasteiger partial charge in [0.15, 0.2) is 0 Å². The van der Waals surface area contributed by atoms with E-state index in [1.807, 2.05) is 36.4 Å². The molecule has 5 heteroatoms. The van der Waals surface area contributed by atoms with E-state index in [1.54, 1.807) is 0 Å². The SMILES string of the molecule is Clc1ccccc1-c1[nH]c2ccccc2c1CN1CCC(c2c(Cl)cccc2Cl)CC1. The molecule has 2 heterocycles. The zero-order chi connectivity index (χ0) is 21.4. The van der Waals surface area contributed by atoms with Crippen molar-refractivity contribution in [3.63, 3.8) is 0 Å². The first-order valence-electron chi connectivity index (χ1n) is 10.6. The topological polar surface area (TPSA) is 19.0 Å². The largest absolute Gasteiger partial charge is 0.354 e. The zero-order valence-corrected chi connectivity index (χ0v) is 19.3. The molecule has 1 N–H and O–H groups in total. The van der Waals surface area contributed by atoms with Crippen LogP contribution in [0.3, 0.4) is 0 Å². The molecule has 0 amide bonds. The lowest BCUT2D eigenvalue weighted by Gasteiger charge is -2.33. The molecule has 5 rings (SSSR count). The van der Waals surface area contributed by atoms with Gasteiger partial charge < -0.3 is 4.98 Å². The van der Waals surface area contributed by atoms with Crippen LogP contribution in [0.4, 0.5) is 0 Å². The normalized spacial score (nSPS) is 15.6. The molecular weight excluding hydrogens is 447 g/mol. The predicted octanol–water partition coefficient (Wildman–Crippen LogP) is 8.17. The van der Waals surface area contributed by atoms with Crippen molar-refractivity contribution in [2.75, 3.05) is 13.1 Å². The van der Waals surface area contributed by atoms with Crippen LogP contribution >= 0.6 is 34.8 Å². The number of para-hydroxylation sites is 1. The summed E-state index contributed by atoms with van der Waals surface area (Å²) in [6.45, 7) is 2.90. The van der Waals surface area contributed by atoms with Crippen molar-refractivity contribution in [1.29, 1.82) is 0 Å². The van der Waals surface area contributed by atoms with Crippen molar-refractivity contribution in [2.24, 2.45) is 0 Å². The Morgan fingerprint density at radius 3 is 2.16 bits per heavy atom. The minimum absolute atomic E-state index is 0.406. The first-order valence-corrected chi connectivity index (χ1v) is 11.8. The lowest BCUT2D eigenvalue weighted by Crippen LogP contribution is -2.32. The number of aromatic amines is 1. The number of hydrogen-bond donors (Lipinski definition) is 1. The standard InChI is InChI=1S/C26H23Cl3N2/c27-21-8-3-1-7-19(21)26-20(18-6-2-4-11-24(18)30-26)16-31-14-12-17(13-15-31)25-22(28)9-5-10-23(25)29/h1-11,17,30H,12-16H2. The summed E-state index contributed by atoms with van der Waals surface area (Å²) < 4.78 is 0. The van der Waals surface area contributed by atoms with Crippen LogP contribution in [0.1, 0.15) is 29.9 Å². The van der Waals surface area contributed by atoms with Gasteiger partial charge in [0.2, 0.25) is 0 Å². The molecule has 1 aliphatic rings. The molecular formula is C26H23Cl3N2. The highest BCUT2D eigenvalue weighted by Gasteiger charge is 2.26. The van der Waals surface area contributed by atoms with Crippen LogP contribution in [-0.4, -0.2) is 23.0 Å². The Labute approximate surface area is 197 Å². The van der Waals surface area contributed by atoms with Gasteiger partial charge in [0, 0.05) is 38.1 Å². The molecule has 0 unspecified atom stereocenters. The average Bonchev–Trinajstić information content (AvgIpc) is 3.13. The van der Waals surface area contributed by atoms with Gasteiger partial charge in [0.1, 0.15) is 0 Å². The highest BCUT2D eigenvalue weighted by Crippen LogP contribution is 2.39. The fourth-order valence-corrected chi connectivity index (χ4v) is 5.70. The van der Waals surface area contributed by atoms with Crippen LogP contribution < -0.4 is 0 Å². The number of hydrogen-bond acceptors (Lipinski definition) is 1. The van der Waals surface area contributed by atoms with Gasteiger partial charge in [0.05, 0.1) is 5.69 Å². The maximum Gasteiger partial charge on any atom is 0.0525 e. The summed E-state index contributed by atoms with van der Waals surface area (Å²) in [6.07, 6.45) is 2.10. The molecule has 0 atom stereocenters. The number of piperidine rings is 1. The monoisotopic (exact) mass is 468 g/mol. The zero-order valence-electron chi connectivity index (χ0n) is 17.0. The summed E-state index contributed by atoms with van der Waals surface area (Å²) in [5.74, 6) is 0.406. The van der Waals surface area contributed by atoms with Crippen LogP contribution in [-0.2, 0) is 6.54 Å². The number of H-pyrrole nitrogens is 1. The molecule has 0 bridgehead atoms. The predicted molar refractivity (Wildman–Crippen MR) is 132 cm³/mol. The molecule has 0 radical (unpaired) electrons. The van der Waals surface area contributed by atoms with Crippen LogP contribution in [0.15, 0.2) is 66.7 Å². The Morgan fingerprint density at radius 1 is 0.774 bits per heavy atom. The Hall–Kier alpha value is -1.97. The third-order valence-electron chi connectivity index (χ3n) is 6.33. The number of likely N-dealkylation sites (tertiary alicyclic amines) is 1. The molecule has 1 aromatic heterocycles. The van der Waals surface area contributed by atoms with Gasteiger partial charge in [-0.05, 0) is 67.2 Å². The van der Waals surface area contributed by atoms with Crippen molar-refractivity contribution in [2.45, 2.75) is 25.3 Å². The average molecular weight is 470 g/mol. The highest BCUT2D eigenvalue weighted by atomic mass is 35.5. The van der Waals surface area contributed by atoms with Gasteiger partial charge >= 0.3 is 0 Å². The van der Waals surface area contributed by atoms with Crippen molar-refractivity contribution in [1.82, 2.24) is 9.88 Å². The van der Waals surface area contributed by atoms with Crippen molar-refractivity contribution in [3.05, 3.63) is 92.9 Å². The van der Waals surface area contributed by atoms with E-state index in [0.29, 0.717) is 5.92 Å². The number of nitrogens with zero attached hydrogens (tertiary/aromatic N) is 1. The summed E-state index contributed by atoms with van der Waals surface area (Å²) in [5, 5.41) is 3.59. The number of fused-ring (bicyclic) bond motifs is 1. The third kappa shape index (κ3) is 4.10. The Bertz CT molecular complexity index is 1200. The number of benzene rings is 3. The van der Waals surface area contributed by atoms with Crippen LogP contribution in [0.25, 0.3) is 22.2 Å². The van der Waals surface area contributed by atoms with Gasteiger partial charge in [-0.1, -0.05) is 77.3 Å². The van der Waals surface area contributed by atoms with E-state index in [-0.39, 0.29) is 0 Å². The van der Waals surface area contributed by atoms with Crippen LogP contribution in [0.5, 0.6) is 0 Å². The summed E-state index contributed by atoms with van der Waals surface area (Å²) in [6, 6.07) is 22.3. The Balaban J connectivity index is 1.42. The molecule has 0 spiro atoms. The van der Waals surface area contributed by atoms with Gasteiger partial charge in [-0.2, -0.15) is 0 Å². The molecule has 158 valence electrons. The maximum absolute atomic E-state index is 6.56. The second-order valence-electron chi connectivity index (χ2n) is 8.19. The summed E-state index contributed by atoms with van der Waals surface area (Å²) in [4.78, 5) is 6.14. The molecule has 3 aromatic carbocycles. The maximum atomic E-state index is 6.56. The van der Waals surface area contributed by atoms with Crippen LogP contribution in [0, 0.1) is 0 Å². The summed E-state index contributed by atoms with van der Waals surface area (Å²) in [7, 11) is 0. The number of aromatic nitrogens is 1. The van der Waals surface area contributed by atoms with E-state index in [2.05, 4.69) is 40.2 Å². The molecule has 2 nitrogen and oxygen atoms in total. The number of rotatable bonds is 4. The quantitative estimate of drug-likeness (QED) is 0.319. The van der Waals surface area contributed by atoms with Gasteiger partial charge in [0.25, 0.3) is 0 Å². The minimum atomic E-state index is 0.406. The van der Waals surface area contributed by atoms with Crippen LogP contribution in [0.2, 0.25) is 15.1 Å².